The summed E-state index contributed by atoms with van der Waals surface area (Å²) < 4.78 is 31.6. The number of ether oxygens (including phenoxy) is 5. The number of carbonyl (C=O) groups is 10. The van der Waals surface area contributed by atoms with Crippen LogP contribution < -0.4 is 72.7 Å². The number of carbonyl (C=O) groups excluding carboxylic acids is 10. The number of alkyl carbamates (subject to hydrolysis) is 1. The number of urea groups is 1. The first kappa shape index (κ1) is 87.5. The molecule has 650 valence electrons. The normalized spacial score (nSPS) is 27.2. The van der Waals surface area contributed by atoms with E-state index in [0.29, 0.717) is 23.0 Å². The molecule has 17 rings (SSSR count). The second kappa shape index (κ2) is 37.1. The van der Waals surface area contributed by atoms with Crippen molar-refractivity contribution in [3.63, 3.8) is 0 Å². The van der Waals surface area contributed by atoms with Crippen LogP contribution in [0.4, 0.5) is 9.59 Å². The summed E-state index contributed by atoms with van der Waals surface area (Å²) >= 11 is 14.4. The minimum atomic E-state index is -2.42. The Morgan fingerprint density at radius 3 is 1.74 bits per heavy atom. The van der Waals surface area contributed by atoms with Crippen molar-refractivity contribution in [1.82, 2.24) is 58.5 Å². The van der Waals surface area contributed by atoms with Crippen LogP contribution in [0.2, 0.25) is 10.0 Å². The maximum Gasteiger partial charge on any atom is 0.407 e. The van der Waals surface area contributed by atoms with E-state index in [2.05, 4.69) is 58.5 Å². The Hall–Kier alpha value is -11.9. The average molecular weight is 1730 g/mol. The Labute approximate surface area is 714 Å². The van der Waals surface area contributed by atoms with Crippen molar-refractivity contribution < 1.29 is 112 Å². The van der Waals surface area contributed by atoms with Crippen LogP contribution in [-0.4, -0.2) is 175 Å². The second-order valence-electron chi connectivity index (χ2n) is 32.7. The zero-order chi connectivity index (χ0) is 87.7. The van der Waals surface area contributed by atoms with Crippen molar-refractivity contribution in [3.05, 3.63) is 189 Å². The van der Waals surface area contributed by atoms with Crippen molar-refractivity contribution >= 4 is 82.6 Å². The number of aromatic hydroxyl groups is 3. The molecule has 7 aromatic rings. The predicted octanol–water partition coefficient (Wildman–Crippen LogP) is 6.32. The maximum atomic E-state index is 16.6. The summed E-state index contributed by atoms with van der Waals surface area (Å²) in [6.07, 6.45) is -12.3. The first-order chi connectivity index (χ1) is 58.7. The molecule has 8 unspecified atom stereocenters. The third-order valence-electron chi connectivity index (χ3n) is 23.7. The number of phenolic OH excluding ortho intramolecular Hbond substituents is 3. The van der Waals surface area contributed by atoms with Crippen LogP contribution in [0.25, 0.3) is 11.1 Å². The zero-order valence-electron chi connectivity index (χ0n) is 67.1. The van der Waals surface area contributed by atoms with Gasteiger partial charge in [-0.25, -0.2) is 9.59 Å². The van der Waals surface area contributed by atoms with Crippen molar-refractivity contribution in [2.75, 3.05) is 13.7 Å². The molecular formula is C87H95Cl2N11O23. The third-order valence-corrected chi connectivity index (χ3v) is 24.3. The highest BCUT2D eigenvalue weighted by molar-refractivity contribution is 6.32. The van der Waals surface area contributed by atoms with Crippen molar-refractivity contribution in [2.24, 2.45) is 29.6 Å². The van der Waals surface area contributed by atoms with Crippen LogP contribution >= 0.6 is 23.2 Å². The summed E-state index contributed by atoms with van der Waals surface area (Å²) in [7, 11) is 1.47. The fourth-order valence-corrected chi connectivity index (χ4v) is 18.0. The van der Waals surface area contributed by atoms with E-state index in [0.717, 1.165) is 92.8 Å². The fraction of sp³-hybridized carbons (Fsp3) is 0.402. The van der Waals surface area contributed by atoms with E-state index in [1.54, 1.807) is 74.5 Å². The van der Waals surface area contributed by atoms with Gasteiger partial charge in [-0.15, -0.1) is 0 Å². The van der Waals surface area contributed by atoms with E-state index >= 15 is 28.8 Å². The highest BCUT2D eigenvalue weighted by atomic mass is 35.5. The number of halogens is 2. The Morgan fingerprint density at radius 1 is 0.561 bits per heavy atom. The molecule has 0 aromatic heterocycles. The van der Waals surface area contributed by atoms with Crippen LogP contribution in [0.3, 0.4) is 0 Å². The van der Waals surface area contributed by atoms with Gasteiger partial charge in [-0.1, -0.05) is 116 Å². The fourth-order valence-electron chi connectivity index (χ4n) is 17.6. The number of hydrogen-bond acceptors (Lipinski definition) is 24. The number of phenols is 3. The summed E-state index contributed by atoms with van der Waals surface area (Å²) in [5.74, 6) is -13.8. The number of amides is 11. The van der Waals surface area contributed by atoms with Crippen molar-refractivity contribution in [3.8, 4) is 57.1 Å². The van der Waals surface area contributed by atoms with Gasteiger partial charge < -0.3 is 118 Å². The lowest BCUT2D eigenvalue weighted by molar-refractivity contribution is -0.277. The monoisotopic (exact) mass is 1730 g/mol. The average Bonchev–Trinajstić information content (AvgIpc) is 0.757. The van der Waals surface area contributed by atoms with Gasteiger partial charge in [-0.05, 0) is 183 Å². The number of aliphatic hydroxyl groups is 5. The molecule has 4 saturated carbocycles. The van der Waals surface area contributed by atoms with Gasteiger partial charge in [0, 0.05) is 23.2 Å². The molecular weight excluding hydrogens is 1640 g/mol. The standard InChI is InChI=1S/C87H95Cl2N11O23/c1-37(2)22-55(90-5)78(110)99-70-72(105)45-17-20-59(53(88)29-45)120-61-31-49-32-62(77(61)123-85-76(109)75(108)74(107)63(122-85)36-119-87(118)92-39(4)43-14-10-7-11-15-43)121-60-21-18-46(30-54(60)89)73(106)71-84(116)98-69(82(114)95-66-47-24-40-23-41(26-47)27-48(66)25-40)52-33-50(101)34-58(103)65(52)51-28-44(16-19-57(51)102)67(80(112)100-71)97-81(113)68(49)96-79(111)56(93-83(70)115)35-64(104)94-86(117)91-38(3)42-12-8-6-9-13-42/h6-21,28-34,37-41,47-48,55-56,63,66-76,85,90,101-103,105-109H,22-27,35-36H2,1-5H3,(H,92,118)(H,93,115)(H,95,114)(H,96,111)(H,97,113)(H,98,116)(H,99,110)(H,100,112)(H2,91,94,104,117)/t38-,39-,40?,41?,47?,48?,55+,56?,63?,66?,67+,68?,69+,70?,71-,72+,73+,74?,75?,76?,85?/m0/s1. The summed E-state index contributed by atoms with van der Waals surface area (Å²) in [4.78, 5) is 151. The SMILES string of the molecule is CN[C@H](CC(C)C)C(=O)NC1C(=O)NC(CC(=O)NC(=O)N[C@@H](C)c2ccccc2)C(=O)NC2C(=O)N[C@H]3C(=O)N[C@H](C(=O)N[C@@H](C(=O)NC4C5CC6CC(C5)CC4C6)c4cc(O)cc(O)c4-c4cc3ccc4O)[C@H](O)c3ccc(c(Cl)c3)Oc3cc2cc(c3OC2OC(COC(=O)N[C@@H](C)c3ccccc3)C(O)C(O)C2O)Oc2ccc(cc2Cl)[C@H]1O. The van der Waals surface area contributed by atoms with E-state index in [-0.39, 0.29) is 68.3 Å². The molecule has 19 N–H and O–H groups in total. The first-order valence-corrected chi connectivity index (χ1v) is 41.2. The molecule has 6 aliphatic heterocycles. The van der Waals surface area contributed by atoms with Gasteiger partial charge in [0.15, 0.2) is 11.5 Å². The lowest BCUT2D eigenvalue weighted by Gasteiger charge is -2.54. The van der Waals surface area contributed by atoms with Gasteiger partial charge in [0.2, 0.25) is 59.3 Å². The highest BCUT2D eigenvalue weighted by Crippen LogP contribution is 2.55. The number of rotatable bonds is 17. The molecule has 7 aromatic carbocycles. The summed E-state index contributed by atoms with van der Waals surface area (Å²) in [5, 5.41) is 124. The highest BCUT2D eigenvalue weighted by Gasteiger charge is 2.51. The lowest BCUT2D eigenvalue weighted by atomic mass is 9.54. The van der Waals surface area contributed by atoms with Crippen LogP contribution in [0.1, 0.15) is 154 Å². The third kappa shape index (κ3) is 19.3. The summed E-state index contributed by atoms with van der Waals surface area (Å²) in [5.41, 5.74) is -0.988. The van der Waals surface area contributed by atoms with E-state index in [4.69, 9.17) is 46.9 Å². The molecule has 4 aliphatic carbocycles. The minimum Gasteiger partial charge on any atom is -0.508 e. The number of likely N-dealkylation sites (N-methyl/N-ethyl adjacent to an activating group) is 1. The molecule has 11 amide bonds. The number of benzene rings is 7. The van der Waals surface area contributed by atoms with Gasteiger partial charge in [0.1, 0.15) is 108 Å². The predicted molar refractivity (Wildman–Crippen MR) is 439 cm³/mol. The molecule has 34 nitrogen and oxygen atoms in total. The Balaban J connectivity index is 0.938. The topological polar surface area (TPSA) is 511 Å². The number of aliphatic hydroxyl groups excluding tert-OH is 5. The van der Waals surface area contributed by atoms with Crippen molar-refractivity contribution in [1.29, 1.82) is 0 Å². The first-order valence-electron chi connectivity index (χ1n) is 40.4. The van der Waals surface area contributed by atoms with Crippen molar-refractivity contribution in [2.45, 2.75) is 176 Å². The molecule has 10 aliphatic rings. The molecule has 0 radical (unpaired) electrons. The molecule has 5 fully saturated rings. The van der Waals surface area contributed by atoms with Crippen LogP contribution in [0.15, 0.2) is 140 Å². The lowest BCUT2D eigenvalue weighted by Crippen LogP contribution is -2.60. The molecule has 36 heteroatoms. The quantitative estimate of drug-likeness (QED) is 0.0474. The second-order valence-corrected chi connectivity index (χ2v) is 33.5. The van der Waals surface area contributed by atoms with Gasteiger partial charge >= 0.3 is 12.1 Å². The molecule has 15 bridgehead atoms. The molecule has 123 heavy (non-hydrogen) atoms. The zero-order valence-corrected chi connectivity index (χ0v) is 68.6. The van der Waals surface area contributed by atoms with E-state index < -0.39 is 227 Å². The van der Waals surface area contributed by atoms with E-state index in [1.807, 2.05) is 13.8 Å². The summed E-state index contributed by atoms with van der Waals surface area (Å²) in [6.45, 7) is 6.11. The smallest absolute Gasteiger partial charge is 0.407 e. The van der Waals surface area contributed by atoms with E-state index in [9.17, 15) is 60.0 Å². The van der Waals surface area contributed by atoms with Crippen LogP contribution in [-0.2, 0) is 47.8 Å². The summed E-state index contributed by atoms with van der Waals surface area (Å²) in [6, 6.07) is 14.6. The van der Waals surface area contributed by atoms with E-state index in [1.165, 1.54) is 25.2 Å². The largest absolute Gasteiger partial charge is 0.508 e. The number of imide groups is 1. The van der Waals surface area contributed by atoms with Crippen LogP contribution in [0.5, 0.6) is 46.0 Å². The Bertz CT molecular complexity index is 5200. The van der Waals surface area contributed by atoms with Gasteiger partial charge in [-0.3, -0.25) is 43.7 Å². The number of nitrogens with one attached hydrogen (secondary N) is 11. The van der Waals surface area contributed by atoms with Gasteiger partial charge in [-0.2, -0.15) is 0 Å². The Morgan fingerprint density at radius 2 is 1.14 bits per heavy atom. The molecule has 16 atom stereocenters. The molecule has 6 heterocycles. The number of hydrogen-bond donors (Lipinski definition) is 19. The van der Waals surface area contributed by atoms with Crippen LogP contribution in [0, 0.1) is 29.6 Å². The minimum absolute atomic E-state index is 0.0563. The maximum absolute atomic E-state index is 16.6. The molecule has 0 spiro atoms. The number of fused-ring (bicyclic) bond motifs is 15. The van der Waals surface area contributed by atoms with Gasteiger partial charge in [0.25, 0.3) is 0 Å². The van der Waals surface area contributed by atoms with Gasteiger partial charge in [0.05, 0.1) is 34.6 Å². The molecule has 1 saturated heterocycles. The Kier molecular flexibility index (Phi) is 26.4.